The summed E-state index contributed by atoms with van der Waals surface area (Å²) in [5.74, 6) is 0.571. The molecule has 0 bridgehead atoms. The van der Waals surface area contributed by atoms with Gasteiger partial charge in [0.2, 0.25) is 0 Å². The Bertz CT molecular complexity index is 878. The highest BCUT2D eigenvalue weighted by Crippen LogP contribution is 2.09. The molecule has 8 heteroatoms. The van der Waals surface area contributed by atoms with E-state index in [0.29, 0.717) is 24.5 Å². The Morgan fingerprint density at radius 1 is 1.24 bits per heavy atom. The van der Waals surface area contributed by atoms with Crippen molar-refractivity contribution in [3.05, 3.63) is 74.9 Å². The number of carbonyl (C=O) groups is 1. The molecule has 0 spiro atoms. The van der Waals surface area contributed by atoms with Gasteiger partial charge in [0, 0.05) is 24.5 Å². The number of nitrogens with one attached hydrogen (secondary N) is 2. The Labute approximate surface area is 147 Å². The van der Waals surface area contributed by atoms with Crippen molar-refractivity contribution < 1.29 is 9.53 Å². The SMILES string of the molecule is O=C(NCCc1cscn1)c1cnc(COc2ccccc2)[nH]c1=O. The first kappa shape index (κ1) is 16.8. The summed E-state index contributed by atoms with van der Waals surface area (Å²) in [4.78, 5) is 34.9. The van der Waals surface area contributed by atoms with E-state index in [4.69, 9.17) is 4.74 Å². The minimum atomic E-state index is -0.493. The van der Waals surface area contributed by atoms with Gasteiger partial charge in [-0.1, -0.05) is 18.2 Å². The summed E-state index contributed by atoms with van der Waals surface area (Å²) in [5.41, 5.74) is 2.13. The van der Waals surface area contributed by atoms with Gasteiger partial charge in [-0.3, -0.25) is 9.59 Å². The van der Waals surface area contributed by atoms with Crippen LogP contribution in [-0.4, -0.2) is 27.4 Å². The Balaban J connectivity index is 1.55. The Morgan fingerprint density at radius 2 is 2.08 bits per heavy atom. The number of ether oxygens (including phenoxy) is 1. The monoisotopic (exact) mass is 356 g/mol. The summed E-state index contributed by atoms with van der Waals surface area (Å²) in [6, 6.07) is 9.20. The molecule has 0 aliphatic carbocycles. The maximum Gasteiger partial charge on any atom is 0.263 e. The smallest absolute Gasteiger partial charge is 0.263 e. The normalized spacial score (nSPS) is 10.4. The number of carbonyl (C=O) groups excluding carboxylic acids is 1. The molecule has 0 radical (unpaired) electrons. The van der Waals surface area contributed by atoms with Crippen LogP contribution in [0.3, 0.4) is 0 Å². The Morgan fingerprint density at radius 3 is 2.80 bits per heavy atom. The standard InChI is InChI=1S/C17H16N4O3S/c22-16(18-7-6-12-10-25-11-20-12)14-8-19-15(21-17(14)23)9-24-13-4-2-1-3-5-13/h1-5,8,10-11H,6-7,9H2,(H,18,22)(H,19,21,23). The maximum atomic E-state index is 12.1. The molecule has 25 heavy (non-hydrogen) atoms. The predicted octanol–water partition coefficient (Wildman–Crippen LogP) is 1.78. The van der Waals surface area contributed by atoms with Gasteiger partial charge in [-0.2, -0.15) is 0 Å². The molecule has 128 valence electrons. The van der Waals surface area contributed by atoms with Crippen molar-refractivity contribution in [3.8, 4) is 5.75 Å². The molecule has 2 N–H and O–H groups in total. The van der Waals surface area contributed by atoms with Crippen LogP contribution in [0.1, 0.15) is 21.9 Å². The first-order valence-corrected chi connectivity index (χ1v) is 8.58. The van der Waals surface area contributed by atoms with Gasteiger partial charge in [0.05, 0.1) is 11.2 Å². The number of hydrogen-bond donors (Lipinski definition) is 2. The van der Waals surface area contributed by atoms with Gasteiger partial charge in [0.15, 0.2) is 0 Å². The molecule has 0 saturated carbocycles. The highest BCUT2D eigenvalue weighted by Gasteiger charge is 2.12. The lowest BCUT2D eigenvalue weighted by atomic mass is 10.3. The highest BCUT2D eigenvalue weighted by atomic mass is 32.1. The molecule has 3 rings (SSSR count). The van der Waals surface area contributed by atoms with E-state index in [9.17, 15) is 9.59 Å². The summed E-state index contributed by atoms with van der Waals surface area (Å²) in [6.45, 7) is 0.520. The van der Waals surface area contributed by atoms with Crippen LogP contribution in [-0.2, 0) is 13.0 Å². The van der Waals surface area contributed by atoms with Crippen LogP contribution >= 0.6 is 11.3 Å². The topological polar surface area (TPSA) is 97.0 Å². The fourth-order valence-electron chi connectivity index (χ4n) is 2.10. The van der Waals surface area contributed by atoms with E-state index >= 15 is 0 Å². The lowest BCUT2D eigenvalue weighted by molar-refractivity contribution is 0.0952. The first-order chi connectivity index (χ1) is 12.2. The molecule has 0 saturated heterocycles. The zero-order chi connectivity index (χ0) is 17.5. The molecular formula is C17H16N4O3S. The number of aromatic nitrogens is 3. The number of hydrogen-bond acceptors (Lipinski definition) is 6. The fraction of sp³-hybridized carbons (Fsp3) is 0.176. The third-order valence-electron chi connectivity index (χ3n) is 3.37. The lowest BCUT2D eigenvalue weighted by Crippen LogP contribution is -2.32. The second-order valence-corrected chi connectivity index (χ2v) is 5.88. The zero-order valence-corrected chi connectivity index (χ0v) is 14.1. The molecule has 0 unspecified atom stereocenters. The molecule has 0 fully saturated rings. The van der Waals surface area contributed by atoms with Crippen LogP contribution in [0.2, 0.25) is 0 Å². The van der Waals surface area contributed by atoms with Crippen molar-refractivity contribution in [1.82, 2.24) is 20.3 Å². The van der Waals surface area contributed by atoms with Crippen LogP contribution in [0, 0.1) is 0 Å². The summed E-state index contributed by atoms with van der Waals surface area (Å²) in [7, 11) is 0. The molecule has 3 aromatic rings. The van der Waals surface area contributed by atoms with Gasteiger partial charge < -0.3 is 15.0 Å². The van der Waals surface area contributed by atoms with Crippen LogP contribution in [0.15, 0.2) is 52.2 Å². The number of nitrogens with zero attached hydrogens (tertiary/aromatic N) is 2. The molecule has 0 aliphatic rings. The minimum Gasteiger partial charge on any atom is -0.486 e. The van der Waals surface area contributed by atoms with Gasteiger partial charge in [0.25, 0.3) is 11.5 Å². The Hall–Kier alpha value is -3.00. The van der Waals surface area contributed by atoms with Crippen LogP contribution in [0.4, 0.5) is 0 Å². The van der Waals surface area contributed by atoms with E-state index in [0.717, 1.165) is 5.69 Å². The summed E-state index contributed by atoms with van der Waals surface area (Å²) < 4.78 is 5.51. The molecule has 2 heterocycles. The first-order valence-electron chi connectivity index (χ1n) is 7.63. The number of benzene rings is 1. The van der Waals surface area contributed by atoms with Crippen LogP contribution in [0.25, 0.3) is 0 Å². The highest BCUT2D eigenvalue weighted by molar-refractivity contribution is 7.07. The van der Waals surface area contributed by atoms with Crippen molar-refractivity contribution in [1.29, 1.82) is 0 Å². The van der Waals surface area contributed by atoms with Gasteiger partial charge in [-0.25, -0.2) is 9.97 Å². The number of amides is 1. The Kier molecular flexibility index (Phi) is 5.53. The second kappa shape index (κ2) is 8.20. The molecule has 2 aromatic heterocycles. The van der Waals surface area contributed by atoms with Crippen molar-refractivity contribution in [3.63, 3.8) is 0 Å². The van der Waals surface area contributed by atoms with E-state index in [2.05, 4.69) is 20.3 Å². The molecule has 7 nitrogen and oxygen atoms in total. The van der Waals surface area contributed by atoms with Crippen LogP contribution in [0.5, 0.6) is 5.75 Å². The lowest BCUT2D eigenvalue weighted by Gasteiger charge is -2.06. The quantitative estimate of drug-likeness (QED) is 0.672. The predicted molar refractivity (Wildman–Crippen MR) is 93.8 cm³/mol. The van der Waals surface area contributed by atoms with Gasteiger partial charge in [-0.05, 0) is 12.1 Å². The zero-order valence-electron chi connectivity index (χ0n) is 13.3. The van der Waals surface area contributed by atoms with E-state index in [1.807, 2.05) is 35.7 Å². The minimum absolute atomic E-state index is 0.0262. The number of para-hydroxylation sites is 1. The van der Waals surface area contributed by atoms with Gasteiger partial charge in [0.1, 0.15) is 23.7 Å². The van der Waals surface area contributed by atoms with E-state index in [1.54, 1.807) is 5.51 Å². The van der Waals surface area contributed by atoms with Crippen molar-refractivity contribution >= 4 is 17.2 Å². The molecule has 1 aromatic carbocycles. The van der Waals surface area contributed by atoms with Crippen LogP contribution < -0.4 is 15.6 Å². The number of H-pyrrole nitrogens is 1. The van der Waals surface area contributed by atoms with Crippen molar-refractivity contribution in [2.45, 2.75) is 13.0 Å². The van der Waals surface area contributed by atoms with Gasteiger partial charge in [-0.15, -0.1) is 11.3 Å². The third kappa shape index (κ3) is 4.74. The molecule has 0 atom stereocenters. The summed E-state index contributed by atoms with van der Waals surface area (Å²) in [5, 5.41) is 4.61. The fourth-order valence-corrected chi connectivity index (χ4v) is 2.69. The van der Waals surface area contributed by atoms with E-state index < -0.39 is 11.5 Å². The van der Waals surface area contributed by atoms with E-state index in [1.165, 1.54) is 17.5 Å². The second-order valence-electron chi connectivity index (χ2n) is 5.16. The maximum absolute atomic E-state index is 12.1. The number of aromatic amines is 1. The molecular weight excluding hydrogens is 340 g/mol. The summed E-state index contributed by atoms with van der Waals surface area (Å²) in [6.07, 6.45) is 1.88. The molecule has 0 aliphatic heterocycles. The number of rotatable bonds is 7. The largest absolute Gasteiger partial charge is 0.486 e. The van der Waals surface area contributed by atoms with Crippen molar-refractivity contribution in [2.24, 2.45) is 0 Å². The van der Waals surface area contributed by atoms with Crippen molar-refractivity contribution in [2.75, 3.05) is 6.54 Å². The van der Waals surface area contributed by atoms with Gasteiger partial charge >= 0.3 is 0 Å². The summed E-state index contributed by atoms with van der Waals surface area (Å²) >= 11 is 1.50. The average molecular weight is 356 g/mol. The van der Waals surface area contributed by atoms with E-state index in [-0.39, 0.29) is 12.2 Å². The number of thiazole rings is 1. The third-order valence-corrected chi connectivity index (χ3v) is 4.00. The average Bonchev–Trinajstić information content (AvgIpc) is 3.14. The molecule has 1 amide bonds.